The summed E-state index contributed by atoms with van der Waals surface area (Å²) in [6.07, 6.45) is 3.43. The number of benzene rings is 1. The van der Waals surface area contributed by atoms with E-state index in [0.717, 1.165) is 15.6 Å². The summed E-state index contributed by atoms with van der Waals surface area (Å²) in [5.41, 5.74) is 0.809. The number of H-pyrrole nitrogens is 1. The zero-order valence-electron chi connectivity index (χ0n) is 7.77. The molecule has 0 radical (unpaired) electrons. The highest BCUT2D eigenvalue weighted by molar-refractivity contribution is 7.99. The van der Waals surface area contributed by atoms with Crippen molar-refractivity contribution in [3.8, 4) is 0 Å². The molecule has 1 heterocycles. The molecule has 2 aromatic rings. The van der Waals surface area contributed by atoms with Crippen LogP contribution in [0.3, 0.4) is 0 Å². The zero-order chi connectivity index (χ0) is 10.7. The van der Waals surface area contributed by atoms with Gasteiger partial charge in [-0.15, -0.1) is 0 Å². The molecule has 2 N–H and O–H groups in total. The fraction of sp³-hybridized carbons (Fsp3) is 0.100. The van der Waals surface area contributed by atoms with Crippen molar-refractivity contribution in [2.24, 2.45) is 0 Å². The SMILES string of the molecule is OCc1cccc(Cl)c1Sc1ncc[nH]1. The summed E-state index contributed by atoms with van der Waals surface area (Å²) < 4.78 is 0. The second kappa shape index (κ2) is 4.70. The first-order chi connectivity index (χ1) is 7.31. The standard InChI is InChI=1S/C10H9ClN2OS/c11-8-3-1-2-7(6-14)9(8)15-10-12-4-5-13-10/h1-5,14H,6H2,(H,12,13). The highest BCUT2D eigenvalue weighted by Gasteiger charge is 2.09. The van der Waals surface area contributed by atoms with Gasteiger partial charge in [0.2, 0.25) is 0 Å². The first kappa shape index (κ1) is 10.5. The van der Waals surface area contributed by atoms with Gasteiger partial charge in [-0.25, -0.2) is 4.98 Å². The van der Waals surface area contributed by atoms with E-state index in [1.807, 2.05) is 12.1 Å². The summed E-state index contributed by atoms with van der Waals surface area (Å²) >= 11 is 7.46. The minimum absolute atomic E-state index is 0.0242. The largest absolute Gasteiger partial charge is 0.392 e. The number of nitrogens with zero attached hydrogens (tertiary/aromatic N) is 1. The van der Waals surface area contributed by atoms with Crippen molar-refractivity contribution in [2.75, 3.05) is 0 Å². The van der Waals surface area contributed by atoms with Gasteiger partial charge in [0.1, 0.15) is 0 Å². The van der Waals surface area contributed by atoms with Crippen LogP contribution in [0.2, 0.25) is 5.02 Å². The van der Waals surface area contributed by atoms with Gasteiger partial charge < -0.3 is 10.1 Å². The van der Waals surface area contributed by atoms with Crippen LogP contribution in [0.15, 0.2) is 40.6 Å². The maximum Gasteiger partial charge on any atom is 0.170 e. The quantitative estimate of drug-likeness (QED) is 0.867. The number of nitrogens with one attached hydrogen (secondary N) is 1. The Morgan fingerprint density at radius 2 is 2.33 bits per heavy atom. The molecule has 3 nitrogen and oxygen atoms in total. The molecule has 1 aromatic heterocycles. The van der Waals surface area contributed by atoms with Gasteiger partial charge in [0.25, 0.3) is 0 Å². The Morgan fingerprint density at radius 1 is 1.47 bits per heavy atom. The Hall–Kier alpha value is -0.970. The Kier molecular flexibility index (Phi) is 3.30. The number of rotatable bonds is 3. The minimum atomic E-state index is -0.0242. The van der Waals surface area contributed by atoms with E-state index in [9.17, 15) is 0 Å². The van der Waals surface area contributed by atoms with Crippen LogP contribution in [0, 0.1) is 0 Å². The lowest BCUT2D eigenvalue weighted by atomic mass is 10.2. The second-order valence-corrected chi connectivity index (χ2v) is 4.29. The molecule has 0 aliphatic rings. The smallest absolute Gasteiger partial charge is 0.170 e. The summed E-state index contributed by atoms with van der Waals surface area (Å²) in [5.74, 6) is 0. The monoisotopic (exact) mass is 240 g/mol. The zero-order valence-corrected chi connectivity index (χ0v) is 9.35. The van der Waals surface area contributed by atoms with E-state index >= 15 is 0 Å². The molecule has 15 heavy (non-hydrogen) atoms. The Balaban J connectivity index is 2.34. The van der Waals surface area contributed by atoms with E-state index in [4.69, 9.17) is 16.7 Å². The molecule has 0 aliphatic heterocycles. The molecular formula is C10H9ClN2OS. The molecule has 0 unspecified atom stereocenters. The van der Waals surface area contributed by atoms with Gasteiger partial charge in [0.05, 0.1) is 11.6 Å². The maximum absolute atomic E-state index is 9.17. The number of aliphatic hydroxyl groups excluding tert-OH is 1. The molecule has 2 rings (SSSR count). The lowest BCUT2D eigenvalue weighted by Crippen LogP contribution is -1.88. The molecule has 78 valence electrons. The fourth-order valence-electron chi connectivity index (χ4n) is 1.20. The lowest BCUT2D eigenvalue weighted by molar-refractivity contribution is 0.279. The molecule has 0 fully saturated rings. The normalized spacial score (nSPS) is 10.5. The Bertz CT molecular complexity index is 445. The van der Waals surface area contributed by atoms with Crippen LogP contribution in [-0.2, 0) is 6.61 Å². The third-order valence-electron chi connectivity index (χ3n) is 1.89. The summed E-state index contributed by atoms with van der Waals surface area (Å²) in [5, 5.41) is 10.6. The molecular weight excluding hydrogens is 232 g/mol. The number of aromatic nitrogens is 2. The topological polar surface area (TPSA) is 48.9 Å². The molecule has 0 bridgehead atoms. The Labute approximate surface area is 96.5 Å². The predicted octanol–water partition coefficient (Wildman–Crippen LogP) is 2.71. The van der Waals surface area contributed by atoms with Crippen LogP contribution < -0.4 is 0 Å². The van der Waals surface area contributed by atoms with E-state index in [1.165, 1.54) is 11.8 Å². The number of aromatic amines is 1. The van der Waals surface area contributed by atoms with Crippen LogP contribution in [0.25, 0.3) is 0 Å². The van der Waals surface area contributed by atoms with Crippen molar-refractivity contribution in [1.29, 1.82) is 0 Å². The van der Waals surface area contributed by atoms with Gasteiger partial charge in [0, 0.05) is 17.3 Å². The number of hydrogen-bond donors (Lipinski definition) is 2. The maximum atomic E-state index is 9.17. The number of aliphatic hydroxyl groups is 1. The molecule has 0 spiro atoms. The van der Waals surface area contributed by atoms with Crippen molar-refractivity contribution in [3.63, 3.8) is 0 Å². The van der Waals surface area contributed by atoms with Gasteiger partial charge in [-0.3, -0.25) is 0 Å². The predicted molar refractivity (Wildman–Crippen MR) is 60.1 cm³/mol. The molecule has 0 saturated carbocycles. The minimum Gasteiger partial charge on any atom is -0.392 e. The van der Waals surface area contributed by atoms with Gasteiger partial charge in [-0.2, -0.15) is 0 Å². The summed E-state index contributed by atoms with van der Waals surface area (Å²) in [6, 6.07) is 5.46. The van der Waals surface area contributed by atoms with Gasteiger partial charge in [-0.1, -0.05) is 23.7 Å². The highest BCUT2D eigenvalue weighted by atomic mass is 35.5. The first-order valence-electron chi connectivity index (χ1n) is 4.36. The van der Waals surface area contributed by atoms with Crippen LogP contribution >= 0.6 is 23.4 Å². The van der Waals surface area contributed by atoms with Crippen molar-refractivity contribution >= 4 is 23.4 Å². The number of imidazole rings is 1. The number of halogens is 1. The van der Waals surface area contributed by atoms with E-state index in [-0.39, 0.29) is 6.61 Å². The average Bonchev–Trinajstić information content (AvgIpc) is 2.74. The van der Waals surface area contributed by atoms with Gasteiger partial charge in [-0.05, 0) is 23.4 Å². The molecule has 0 atom stereocenters. The third kappa shape index (κ3) is 2.34. The summed E-state index contributed by atoms with van der Waals surface area (Å²) in [7, 11) is 0. The average molecular weight is 241 g/mol. The van der Waals surface area contributed by atoms with Crippen LogP contribution in [0.5, 0.6) is 0 Å². The van der Waals surface area contributed by atoms with E-state index in [2.05, 4.69) is 9.97 Å². The molecule has 0 saturated heterocycles. The first-order valence-corrected chi connectivity index (χ1v) is 5.56. The van der Waals surface area contributed by atoms with Gasteiger partial charge in [0.15, 0.2) is 5.16 Å². The van der Waals surface area contributed by atoms with Crippen LogP contribution in [0.4, 0.5) is 0 Å². The van der Waals surface area contributed by atoms with E-state index in [1.54, 1.807) is 18.5 Å². The number of hydrogen-bond acceptors (Lipinski definition) is 3. The van der Waals surface area contributed by atoms with Crippen molar-refractivity contribution in [3.05, 3.63) is 41.2 Å². The molecule has 1 aromatic carbocycles. The molecule has 0 amide bonds. The highest BCUT2D eigenvalue weighted by Crippen LogP contribution is 2.34. The second-order valence-electron chi connectivity index (χ2n) is 2.88. The summed E-state index contributed by atoms with van der Waals surface area (Å²) in [4.78, 5) is 7.91. The van der Waals surface area contributed by atoms with Crippen molar-refractivity contribution in [2.45, 2.75) is 16.7 Å². The molecule has 5 heteroatoms. The van der Waals surface area contributed by atoms with E-state index in [0.29, 0.717) is 5.02 Å². The summed E-state index contributed by atoms with van der Waals surface area (Å²) in [6.45, 7) is -0.0242. The van der Waals surface area contributed by atoms with Crippen molar-refractivity contribution in [1.82, 2.24) is 9.97 Å². The Morgan fingerprint density at radius 3 is 3.00 bits per heavy atom. The van der Waals surface area contributed by atoms with Crippen molar-refractivity contribution < 1.29 is 5.11 Å². The lowest BCUT2D eigenvalue weighted by Gasteiger charge is -2.06. The third-order valence-corrected chi connectivity index (χ3v) is 3.42. The van der Waals surface area contributed by atoms with Gasteiger partial charge >= 0.3 is 0 Å². The van der Waals surface area contributed by atoms with E-state index < -0.39 is 0 Å². The fourth-order valence-corrected chi connectivity index (χ4v) is 2.37. The molecule has 0 aliphatic carbocycles. The van der Waals surface area contributed by atoms with Crippen LogP contribution in [0.1, 0.15) is 5.56 Å². The van der Waals surface area contributed by atoms with Crippen LogP contribution in [-0.4, -0.2) is 15.1 Å².